The molecule has 5 heteroatoms. The second-order valence-electron chi connectivity index (χ2n) is 7.78. The predicted molar refractivity (Wildman–Crippen MR) is 98.7 cm³/mol. The molecule has 0 aliphatic carbocycles. The number of hydrogen-bond donors (Lipinski definition) is 0. The molecule has 5 rings (SSSR count). The van der Waals surface area contributed by atoms with Crippen molar-refractivity contribution in [2.45, 2.75) is 44.8 Å². The molecule has 4 heterocycles. The molecular formula is C20H28N4O. The molecule has 3 aliphatic heterocycles. The molecule has 1 aromatic carbocycles. The van der Waals surface area contributed by atoms with Crippen LogP contribution in [0.3, 0.4) is 0 Å². The second-order valence-corrected chi connectivity index (χ2v) is 7.78. The largest absolute Gasteiger partial charge is 0.379 e. The summed E-state index contributed by atoms with van der Waals surface area (Å²) in [6.45, 7) is 8.35. The van der Waals surface area contributed by atoms with Gasteiger partial charge in [0.25, 0.3) is 0 Å². The summed E-state index contributed by atoms with van der Waals surface area (Å²) in [7, 11) is 0. The van der Waals surface area contributed by atoms with E-state index in [0.29, 0.717) is 6.04 Å². The van der Waals surface area contributed by atoms with Crippen molar-refractivity contribution in [1.29, 1.82) is 0 Å². The summed E-state index contributed by atoms with van der Waals surface area (Å²) in [5.74, 6) is 1.30. The minimum atomic E-state index is 0.708. The molecule has 2 fully saturated rings. The molecule has 1 unspecified atom stereocenters. The molecule has 1 aromatic heterocycles. The lowest BCUT2D eigenvalue weighted by Crippen LogP contribution is -2.40. The van der Waals surface area contributed by atoms with E-state index in [0.717, 1.165) is 45.8 Å². The number of morpholine rings is 1. The first kappa shape index (κ1) is 15.8. The van der Waals surface area contributed by atoms with E-state index in [1.807, 2.05) is 0 Å². The van der Waals surface area contributed by atoms with E-state index in [4.69, 9.17) is 9.72 Å². The number of hydrogen-bond acceptors (Lipinski definition) is 4. The van der Waals surface area contributed by atoms with Crippen LogP contribution >= 0.6 is 0 Å². The van der Waals surface area contributed by atoms with Gasteiger partial charge in [-0.05, 0) is 37.1 Å². The van der Waals surface area contributed by atoms with Crippen LogP contribution in [-0.2, 0) is 24.2 Å². The third kappa shape index (κ3) is 3.09. The summed E-state index contributed by atoms with van der Waals surface area (Å²) in [5, 5.41) is 0. The molecule has 134 valence electrons. The minimum absolute atomic E-state index is 0.708. The first-order valence-electron chi connectivity index (χ1n) is 9.89. The molecule has 5 nitrogen and oxygen atoms in total. The molecule has 0 saturated carbocycles. The number of benzene rings is 1. The molecule has 0 N–H and O–H groups in total. The van der Waals surface area contributed by atoms with E-state index < -0.39 is 0 Å². The van der Waals surface area contributed by atoms with Gasteiger partial charge in [0.2, 0.25) is 0 Å². The quantitative estimate of drug-likeness (QED) is 0.840. The Morgan fingerprint density at radius 1 is 1.04 bits per heavy atom. The fourth-order valence-corrected chi connectivity index (χ4v) is 4.77. The van der Waals surface area contributed by atoms with Crippen molar-refractivity contribution < 1.29 is 4.74 Å². The van der Waals surface area contributed by atoms with Crippen molar-refractivity contribution in [2.75, 3.05) is 39.4 Å². The summed E-state index contributed by atoms with van der Waals surface area (Å²) in [5.41, 5.74) is 3.88. The lowest BCUT2D eigenvalue weighted by molar-refractivity contribution is 0.0342. The number of fused-ring (bicyclic) bond motifs is 4. The Bertz CT molecular complexity index is 749. The summed E-state index contributed by atoms with van der Waals surface area (Å²) < 4.78 is 7.93. The normalized spacial score (nSPS) is 25.5. The maximum absolute atomic E-state index is 5.46. The Balaban J connectivity index is 1.40. The Morgan fingerprint density at radius 3 is 2.88 bits per heavy atom. The van der Waals surface area contributed by atoms with Gasteiger partial charge < -0.3 is 9.30 Å². The van der Waals surface area contributed by atoms with E-state index in [9.17, 15) is 0 Å². The van der Waals surface area contributed by atoms with Crippen LogP contribution in [0.1, 0.15) is 30.7 Å². The highest BCUT2D eigenvalue weighted by Crippen LogP contribution is 2.27. The van der Waals surface area contributed by atoms with Crippen LogP contribution in [0, 0.1) is 0 Å². The maximum Gasteiger partial charge on any atom is 0.111 e. The van der Waals surface area contributed by atoms with Gasteiger partial charge in [-0.3, -0.25) is 9.80 Å². The molecule has 0 radical (unpaired) electrons. The van der Waals surface area contributed by atoms with Crippen LogP contribution in [0.15, 0.2) is 18.2 Å². The lowest BCUT2D eigenvalue weighted by Gasteiger charge is -2.33. The van der Waals surface area contributed by atoms with Crippen LogP contribution in [0.5, 0.6) is 0 Å². The molecule has 25 heavy (non-hydrogen) atoms. The zero-order valence-corrected chi connectivity index (χ0v) is 15.0. The zero-order valence-electron chi connectivity index (χ0n) is 15.0. The third-order valence-corrected chi connectivity index (χ3v) is 6.18. The van der Waals surface area contributed by atoms with Crippen molar-refractivity contribution in [2.24, 2.45) is 0 Å². The van der Waals surface area contributed by atoms with Gasteiger partial charge in [0, 0.05) is 45.2 Å². The fraction of sp³-hybridized carbons (Fsp3) is 0.650. The molecule has 0 spiro atoms. The Morgan fingerprint density at radius 2 is 1.96 bits per heavy atom. The highest BCUT2D eigenvalue weighted by Gasteiger charge is 2.28. The van der Waals surface area contributed by atoms with Crippen molar-refractivity contribution in [3.05, 3.63) is 29.6 Å². The van der Waals surface area contributed by atoms with Gasteiger partial charge in [0.15, 0.2) is 0 Å². The zero-order chi connectivity index (χ0) is 16.6. The van der Waals surface area contributed by atoms with Gasteiger partial charge in [-0.1, -0.05) is 12.5 Å². The maximum atomic E-state index is 5.46. The summed E-state index contributed by atoms with van der Waals surface area (Å²) in [6, 6.07) is 7.61. The highest BCUT2D eigenvalue weighted by atomic mass is 16.5. The van der Waals surface area contributed by atoms with Crippen molar-refractivity contribution in [1.82, 2.24) is 19.4 Å². The molecule has 1 atom stereocenters. The first-order chi connectivity index (χ1) is 12.4. The fourth-order valence-electron chi connectivity index (χ4n) is 4.77. The van der Waals surface area contributed by atoms with E-state index >= 15 is 0 Å². The topological polar surface area (TPSA) is 33.5 Å². The van der Waals surface area contributed by atoms with Crippen LogP contribution in [-0.4, -0.2) is 64.8 Å². The van der Waals surface area contributed by atoms with Crippen molar-refractivity contribution in [3.63, 3.8) is 0 Å². The summed E-state index contributed by atoms with van der Waals surface area (Å²) in [6.07, 6.45) is 5.20. The Kier molecular flexibility index (Phi) is 4.24. The summed E-state index contributed by atoms with van der Waals surface area (Å²) in [4.78, 5) is 10.2. The molecule has 2 saturated heterocycles. The monoisotopic (exact) mass is 340 g/mol. The van der Waals surface area contributed by atoms with Gasteiger partial charge in [-0.25, -0.2) is 4.98 Å². The standard InChI is InChI=1S/C20H28N4O/c1-2-6-23-7-8-24-19-5-4-16(15-22-9-11-25-12-10-22)13-18(19)21-20(24)14-17(23)3-1/h4-5,13,17H,1-3,6-12,14-15H2. The minimum Gasteiger partial charge on any atom is -0.379 e. The van der Waals surface area contributed by atoms with Crippen LogP contribution in [0.25, 0.3) is 11.0 Å². The summed E-state index contributed by atoms with van der Waals surface area (Å²) >= 11 is 0. The number of piperidine rings is 1. The second kappa shape index (κ2) is 6.71. The van der Waals surface area contributed by atoms with Crippen LogP contribution in [0.2, 0.25) is 0 Å². The van der Waals surface area contributed by atoms with E-state index in [-0.39, 0.29) is 0 Å². The molecule has 2 aromatic rings. The van der Waals surface area contributed by atoms with Gasteiger partial charge in [-0.2, -0.15) is 0 Å². The van der Waals surface area contributed by atoms with E-state index in [1.165, 1.54) is 54.8 Å². The highest BCUT2D eigenvalue weighted by molar-refractivity contribution is 5.77. The van der Waals surface area contributed by atoms with Gasteiger partial charge in [-0.15, -0.1) is 0 Å². The number of nitrogens with zero attached hydrogens (tertiary/aromatic N) is 4. The molecular weight excluding hydrogens is 312 g/mol. The average Bonchev–Trinajstić information content (AvgIpc) is 2.87. The van der Waals surface area contributed by atoms with Crippen LogP contribution in [0.4, 0.5) is 0 Å². The Labute approximate surface area is 149 Å². The lowest BCUT2D eigenvalue weighted by atomic mass is 10.00. The predicted octanol–water partition coefficient (Wildman–Crippen LogP) is 2.28. The SMILES string of the molecule is c1cc2c(cc1CN1CCOCC1)nc1n2CCN2CCCCC2C1. The molecule has 3 aliphatic rings. The number of rotatable bonds is 2. The smallest absolute Gasteiger partial charge is 0.111 e. The number of ether oxygens (including phenoxy) is 1. The number of aromatic nitrogens is 2. The van der Waals surface area contributed by atoms with E-state index in [1.54, 1.807) is 0 Å². The van der Waals surface area contributed by atoms with Crippen molar-refractivity contribution in [3.8, 4) is 0 Å². The van der Waals surface area contributed by atoms with Gasteiger partial charge >= 0.3 is 0 Å². The van der Waals surface area contributed by atoms with Crippen LogP contribution < -0.4 is 0 Å². The van der Waals surface area contributed by atoms with Crippen molar-refractivity contribution >= 4 is 11.0 Å². The van der Waals surface area contributed by atoms with E-state index in [2.05, 4.69) is 32.6 Å². The average molecular weight is 340 g/mol. The Hall–Kier alpha value is -1.43. The van der Waals surface area contributed by atoms with Gasteiger partial charge in [0.05, 0.1) is 24.2 Å². The molecule has 0 bridgehead atoms. The molecule has 0 amide bonds. The number of imidazole rings is 1. The van der Waals surface area contributed by atoms with Gasteiger partial charge in [0.1, 0.15) is 5.82 Å². The first-order valence-corrected chi connectivity index (χ1v) is 9.89. The third-order valence-electron chi connectivity index (χ3n) is 6.18.